The lowest BCUT2D eigenvalue weighted by Gasteiger charge is -1.97. The Hall–Kier alpha value is -0.870. The molecule has 1 aromatic rings. The second-order valence-corrected chi connectivity index (χ2v) is 2.41. The van der Waals surface area contributed by atoms with Crippen molar-refractivity contribution in [3.8, 4) is 0 Å². The molecule has 4 heteroatoms. The molecule has 11 heavy (non-hydrogen) atoms. The lowest BCUT2D eigenvalue weighted by molar-refractivity contribution is 0.291. The number of H-pyrrole nitrogens is 1. The summed E-state index contributed by atoms with van der Waals surface area (Å²) < 4.78 is 0. The molecule has 4 nitrogen and oxygen atoms in total. The van der Waals surface area contributed by atoms with Crippen LogP contribution in [0, 0.1) is 6.92 Å². The molecule has 1 rings (SSSR count). The fourth-order valence-corrected chi connectivity index (χ4v) is 0.843. The average Bonchev–Trinajstić information content (AvgIpc) is 2.37. The van der Waals surface area contributed by atoms with Gasteiger partial charge in [-0.2, -0.15) is 0 Å². The minimum absolute atomic E-state index is 0.166. The predicted molar refractivity (Wildman–Crippen MR) is 42.1 cm³/mol. The molecule has 0 radical (unpaired) electrons. The maximum atomic E-state index is 8.46. The summed E-state index contributed by atoms with van der Waals surface area (Å²) in [5.41, 5.74) is 1.06. The van der Waals surface area contributed by atoms with Crippen LogP contribution in [0.1, 0.15) is 11.5 Å². The van der Waals surface area contributed by atoms with E-state index in [0.717, 1.165) is 11.5 Å². The second kappa shape index (κ2) is 4.10. The van der Waals surface area contributed by atoms with Gasteiger partial charge < -0.3 is 15.4 Å². The highest BCUT2D eigenvalue weighted by Gasteiger charge is 1.94. The first kappa shape index (κ1) is 8.23. The molecule has 0 aromatic carbocycles. The van der Waals surface area contributed by atoms with E-state index in [4.69, 9.17) is 5.11 Å². The normalized spacial score (nSPS) is 10.4. The lowest BCUT2D eigenvalue weighted by atomic mass is 10.5. The molecule has 0 aliphatic heterocycles. The van der Waals surface area contributed by atoms with Gasteiger partial charge in [0.05, 0.1) is 13.2 Å². The van der Waals surface area contributed by atoms with E-state index in [-0.39, 0.29) is 6.61 Å². The third-order valence-electron chi connectivity index (χ3n) is 1.34. The smallest absolute Gasteiger partial charge is 0.120 e. The van der Waals surface area contributed by atoms with Crippen molar-refractivity contribution in [3.63, 3.8) is 0 Å². The van der Waals surface area contributed by atoms with Crippen LogP contribution in [-0.2, 0) is 6.54 Å². The van der Waals surface area contributed by atoms with Crippen LogP contribution < -0.4 is 5.32 Å². The summed E-state index contributed by atoms with van der Waals surface area (Å²) in [6.07, 6.45) is 1.79. The number of nitrogens with zero attached hydrogens (tertiary/aromatic N) is 1. The highest BCUT2D eigenvalue weighted by atomic mass is 16.3. The summed E-state index contributed by atoms with van der Waals surface area (Å²) >= 11 is 0. The van der Waals surface area contributed by atoms with Crippen molar-refractivity contribution >= 4 is 0 Å². The molecule has 1 heterocycles. The van der Waals surface area contributed by atoms with E-state index in [2.05, 4.69) is 15.3 Å². The largest absolute Gasteiger partial charge is 0.395 e. The number of hydrogen-bond donors (Lipinski definition) is 3. The van der Waals surface area contributed by atoms with Crippen molar-refractivity contribution in [1.29, 1.82) is 0 Å². The monoisotopic (exact) mass is 155 g/mol. The third-order valence-corrected chi connectivity index (χ3v) is 1.34. The number of aromatic nitrogens is 2. The van der Waals surface area contributed by atoms with E-state index in [1.54, 1.807) is 6.20 Å². The van der Waals surface area contributed by atoms with Crippen LogP contribution in [0.4, 0.5) is 0 Å². The Morgan fingerprint density at radius 1 is 1.73 bits per heavy atom. The number of aryl methyl sites for hydroxylation is 1. The fourth-order valence-electron chi connectivity index (χ4n) is 0.843. The SMILES string of the molecule is Cc1cnc(CNCCO)[nH]1. The van der Waals surface area contributed by atoms with E-state index >= 15 is 0 Å². The molecule has 0 aliphatic carbocycles. The van der Waals surface area contributed by atoms with Crippen LogP contribution >= 0.6 is 0 Å². The van der Waals surface area contributed by atoms with E-state index in [9.17, 15) is 0 Å². The van der Waals surface area contributed by atoms with Gasteiger partial charge in [0.2, 0.25) is 0 Å². The summed E-state index contributed by atoms with van der Waals surface area (Å²) in [6.45, 7) is 3.43. The van der Waals surface area contributed by atoms with Crippen molar-refractivity contribution in [2.75, 3.05) is 13.2 Å². The molecule has 0 spiro atoms. The first-order chi connectivity index (χ1) is 5.33. The number of nitrogens with one attached hydrogen (secondary N) is 2. The molecule has 0 bridgehead atoms. The Kier molecular flexibility index (Phi) is 3.07. The molecule has 0 amide bonds. The Labute approximate surface area is 65.7 Å². The van der Waals surface area contributed by atoms with Gasteiger partial charge in [0, 0.05) is 18.4 Å². The van der Waals surface area contributed by atoms with Crippen molar-refractivity contribution in [2.45, 2.75) is 13.5 Å². The number of hydrogen-bond acceptors (Lipinski definition) is 3. The minimum atomic E-state index is 0.166. The van der Waals surface area contributed by atoms with Crippen molar-refractivity contribution in [3.05, 3.63) is 17.7 Å². The van der Waals surface area contributed by atoms with Crippen LogP contribution in [0.5, 0.6) is 0 Å². The zero-order valence-electron chi connectivity index (χ0n) is 6.59. The van der Waals surface area contributed by atoms with Gasteiger partial charge in [-0.25, -0.2) is 4.98 Å². The van der Waals surface area contributed by atoms with Crippen LogP contribution in [0.15, 0.2) is 6.20 Å². The van der Waals surface area contributed by atoms with E-state index < -0.39 is 0 Å². The van der Waals surface area contributed by atoms with Crippen molar-refractivity contribution in [1.82, 2.24) is 15.3 Å². The van der Waals surface area contributed by atoms with E-state index in [1.807, 2.05) is 6.92 Å². The molecular weight excluding hydrogens is 142 g/mol. The highest BCUT2D eigenvalue weighted by molar-refractivity contribution is 4.97. The zero-order chi connectivity index (χ0) is 8.10. The Morgan fingerprint density at radius 2 is 2.55 bits per heavy atom. The van der Waals surface area contributed by atoms with Crippen LogP contribution in [0.2, 0.25) is 0 Å². The molecule has 0 fully saturated rings. The Balaban J connectivity index is 2.27. The van der Waals surface area contributed by atoms with Crippen LogP contribution in [0.25, 0.3) is 0 Å². The van der Waals surface area contributed by atoms with Gasteiger partial charge in [0.25, 0.3) is 0 Å². The maximum absolute atomic E-state index is 8.46. The van der Waals surface area contributed by atoms with Gasteiger partial charge >= 0.3 is 0 Å². The zero-order valence-corrected chi connectivity index (χ0v) is 6.59. The number of aromatic amines is 1. The minimum Gasteiger partial charge on any atom is -0.395 e. The Morgan fingerprint density at radius 3 is 3.09 bits per heavy atom. The van der Waals surface area contributed by atoms with Crippen molar-refractivity contribution < 1.29 is 5.11 Å². The first-order valence-corrected chi connectivity index (χ1v) is 3.65. The summed E-state index contributed by atoms with van der Waals surface area (Å²) in [6, 6.07) is 0. The van der Waals surface area contributed by atoms with Gasteiger partial charge in [-0.15, -0.1) is 0 Å². The fraction of sp³-hybridized carbons (Fsp3) is 0.571. The van der Waals surface area contributed by atoms with Gasteiger partial charge in [0.1, 0.15) is 5.82 Å². The van der Waals surface area contributed by atoms with E-state index in [0.29, 0.717) is 13.1 Å². The van der Waals surface area contributed by atoms with Crippen molar-refractivity contribution in [2.24, 2.45) is 0 Å². The van der Waals surface area contributed by atoms with Gasteiger partial charge in [0.15, 0.2) is 0 Å². The third kappa shape index (κ3) is 2.69. The number of aliphatic hydroxyl groups is 1. The highest BCUT2D eigenvalue weighted by Crippen LogP contribution is 1.92. The Bertz CT molecular complexity index is 209. The topological polar surface area (TPSA) is 60.9 Å². The molecule has 0 aliphatic rings. The molecule has 62 valence electrons. The molecule has 3 N–H and O–H groups in total. The van der Waals surface area contributed by atoms with Crippen LogP contribution in [-0.4, -0.2) is 28.2 Å². The lowest BCUT2D eigenvalue weighted by Crippen LogP contribution is -2.18. The second-order valence-electron chi connectivity index (χ2n) is 2.41. The summed E-state index contributed by atoms with van der Waals surface area (Å²) in [4.78, 5) is 7.17. The summed E-state index contributed by atoms with van der Waals surface area (Å²) in [5.74, 6) is 0.913. The summed E-state index contributed by atoms with van der Waals surface area (Å²) in [7, 11) is 0. The standard InChI is InChI=1S/C7H13N3O/c1-6-4-9-7(10-6)5-8-2-3-11/h4,8,11H,2-3,5H2,1H3,(H,9,10). The number of aliphatic hydroxyl groups excluding tert-OH is 1. The predicted octanol–water partition coefficient (Wildman–Crippen LogP) is -0.200. The molecule has 0 atom stereocenters. The average molecular weight is 155 g/mol. The first-order valence-electron chi connectivity index (χ1n) is 3.65. The van der Waals surface area contributed by atoms with Crippen LogP contribution in [0.3, 0.4) is 0 Å². The summed E-state index contributed by atoms with van der Waals surface area (Å²) in [5, 5.41) is 11.5. The maximum Gasteiger partial charge on any atom is 0.120 e. The number of rotatable bonds is 4. The molecule has 0 unspecified atom stereocenters. The molecule has 0 saturated carbocycles. The van der Waals surface area contributed by atoms with Gasteiger partial charge in [-0.05, 0) is 6.92 Å². The quantitative estimate of drug-likeness (QED) is 0.528. The van der Waals surface area contributed by atoms with Gasteiger partial charge in [-0.1, -0.05) is 0 Å². The number of imidazole rings is 1. The molecular formula is C7H13N3O. The van der Waals surface area contributed by atoms with Gasteiger partial charge in [-0.3, -0.25) is 0 Å². The molecule has 0 saturated heterocycles. The van der Waals surface area contributed by atoms with E-state index in [1.165, 1.54) is 0 Å². The molecule has 1 aromatic heterocycles.